The van der Waals surface area contributed by atoms with Crippen LogP contribution < -0.4 is 0 Å². The first-order chi connectivity index (χ1) is 7.24. The highest BCUT2D eigenvalue weighted by Crippen LogP contribution is 2.23. The lowest BCUT2D eigenvalue weighted by Crippen LogP contribution is -2.00. The molecule has 3 heteroatoms. The lowest BCUT2D eigenvalue weighted by atomic mass is 10.1. The first-order valence-corrected chi connectivity index (χ1v) is 5.07. The number of hydrogen-bond acceptors (Lipinski definition) is 1. The normalized spacial score (nSPS) is 10.7. The molecule has 0 saturated carbocycles. The largest absolute Gasteiger partial charge is 0.477 e. The minimum atomic E-state index is -0.880. The number of carboxylic acid groups (broad SMARTS) is 1. The molecular weight excluding hydrogens is 190 g/mol. The molecule has 1 aromatic carbocycles. The number of aryl methyl sites for hydroxylation is 1. The van der Waals surface area contributed by atoms with Gasteiger partial charge in [0.05, 0.1) is 0 Å². The van der Waals surface area contributed by atoms with Gasteiger partial charge in [-0.15, -0.1) is 0 Å². The number of aromatic nitrogens is 1. The molecule has 0 atom stereocenters. The highest BCUT2D eigenvalue weighted by Gasteiger charge is 2.15. The van der Waals surface area contributed by atoms with Gasteiger partial charge < -0.3 is 10.1 Å². The molecule has 15 heavy (non-hydrogen) atoms. The summed E-state index contributed by atoms with van der Waals surface area (Å²) >= 11 is 0. The number of carbonyl (C=O) groups is 1. The Hall–Kier alpha value is -1.77. The molecule has 0 unspecified atom stereocenters. The van der Waals surface area contributed by atoms with Gasteiger partial charge in [0.2, 0.25) is 0 Å². The predicted octanol–water partition coefficient (Wildman–Crippen LogP) is 2.82. The van der Waals surface area contributed by atoms with E-state index < -0.39 is 5.97 Å². The van der Waals surface area contributed by atoms with Crippen LogP contribution in [0.2, 0.25) is 0 Å². The number of rotatable bonds is 3. The molecule has 0 spiro atoms. The van der Waals surface area contributed by atoms with Crippen LogP contribution >= 0.6 is 0 Å². The molecular formula is C12H13NO2. The fraction of sp³-hybridized carbons (Fsp3) is 0.250. The van der Waals surface area contributed by atoms with Crippen LogP contribution in [-0.2, 0) is 6.42 Å². The monoisotopic (exact) mass is 203 g/mol. The highest BCUT2D eigenvalue weighted by molar-refractivity contribution is 5.97. The van der Waals surface area contributed by atoms with Crippen LogP contribution in [0.15, 0.2) is 24.3 Å². The molecule has 0 aliphatic heterocycles. The second-order valence-corrected chi connectivity index (χ2v) is 3.58. The van der Waals surface area contributed by atoms with Gasteiger partial charge in [-0.25, -0.2) is 4.79 Å². The lowest BCUT2D eigenvalue weighted by molar-refractivity contribution is 0.0690. The summed E-state index contributed by atoms with van der Waals surface area (Å²) in [7, 11) is 0. The van der Waals surface area contributed by atoms with E-state index in [-0.39, 0.29) is 0 Å². The number of carboxylic acids is 1. The molecule has 2 rings (SSSR count). The zero-order valence-electron chi connectivity index (χ0n) is 8.58. The van der Waals surface area contributed by atoms with Crippen molar-refractivity contribution in [2.24, 2.45) is 0 Å². The van der Waals surface area contributed by atoms with Gasteiger partial charge in [-0.05, 0) is 18.1 Å². The van der Waals surface area contributed by atoms with Crippen molar-refractivity contribution in [3.05, 3.63) is 35.5 Å². The van der Waals surface area contributed by atoms with E-state index in [4.69, 9.17) is 5.11 Å². The summed E-state index contributed by atoms with van der Waals surface area (Å²) in [5.41, 5.74) is 2.15. The number of para-hydroxylation sites is 1. The van der Waals surface area contributed by atoms with Crippen LogP contribution in [0.4, 0.5) is 0 Å². The number of H-pyrrole nitrogens is 1. The third-order valence-corrected chi connectivity index (χ3v) is 2.53. The van der Waals surface area contributed by atoms with Crippen LogP contribution in [0.25, 0.3) is 10.9 Å². The van der Waals surface area contributed by atoms with E-state index >= 15 is 0 Å². The maximum atomic E-state index is 11.0. The summed E-state index contributed by atoms with van der Waals surface area (Å²) in [6.07, 6.45) is 1.74. The number of nitrogens with one attached hydrogen (secondary N) is 1. The molecule has 2 N–H and O–H groups in total. The molecule has 1 heterocycles. The van der Waals surface area contributed by atoms with Crippen molar-refractivity contribution < 1.29 is 9.90 Å². The van der Waals surface area contributed by atoms with Crippen molar-refractivity contribution in [3.8, 4) is 0 Å². The molecule has 0 aliphatic carbocycles. The zero-order chi connectivity index (χ0) is 10.8. The summed E-state index contributed by atoms with van der Waals surface area (Å²) in [5, 5.41) is 10.1. The van der Waals surface area contributed by atoms with Gasteiger partial charge in [0.25, 0.3) is 0 Å². The molecule has 0 radical (unpaired) electrons. The molecule has 0 fully saturated rings. The van der Waals surface area contributed by atoms with Crippen LogP contribution in [0.5, 0.6) is 0 Å². The first-order valence-electron chi connectivity index (χ1n) is 5.07. The van der Waals surface area contributed by atoms with Crippen molar-refractivity contribution in [2.45, 2.75) is 19.8 Å². The first kappa shape index (κ1) is 9.77. The number of hydrogen-bond donors (Lipinski definition) is 2. The molecule has 1 aromatic heterocycles. The van der Waals surface area contributed by atoms with E-state index in [0.29, 0.717) is 5.69 Å². The Balaban J connectivity index is 2.68. The molecule has 0 bridgehead atoms. The van der Waals surface area contributed by atoms with Crippen molar-refractivity contribution in [3.63, 3.8) is 0 Å². The fourth-order valence-corrected chi connectivity index (χ4v) is 1.89. The smallest absolute Gasteiger partial charge is 0.352 e. The van der Waals surface area contributed by atoms with E-state index in [1.165, 1.54) is 0 Å². The van der Waals surface area contributed by atoms with Crippen molar-refractivity contribution in [2.75, 3.05) is 0 Å². The average Bonchev–Trinajstić information content (AvgIpc) is 2.58. The highest BCUT2D eigenvalue weighted by atomic mass is 16.4. The summed E-state index contributed by atoms with van der Waals surface area (Å²) in [6, 6.07) is 7.70. The Morgan fingerprint density at radius 3 is 2.80 bits per heavy atom. The molecule has 3 nitrogen and oxygen atoms in total. The van der Waals surface area contributed by atoms with Crippen LogP contribution in [0.3, 0.4) is 0 Å². The Labute approximate surface area is 87.7 Å². The topological polar surface area (TPSA) is 53.1 Å². The summed E-state index contributed by atoms with van der Waals surface area (Å²) in [6.45, 7) is 2.05. The van der Waals surface area contributed by atoms with Crippen LogP contribution in [0.1, 0.15) is 29.4 Å². The van der Waals surface area contributed by atoms with Gasteiger partial charge in [0, 0.05) is 10.9 Å². The number of aromatic amines is 1. The van der Waals surface area contributed by atoms with Gasteiger partial charge in [-0.3, -0.25) is 0 Å². The van der Waals surface area contributed by atoms with E-state index in [1.54, 1.807) is 0 Å². The minimum Gasteiger partial charge on any atom is -0.477 e. The Morgan fingerprint density at radius 2 is 2.13 bits per heavy atom. The van der Waals surface area contributed by atoms with Crippen molar-refractivity contribution >= 4 is 16.9 Å². The van der Waals surface area contributed by atoms with Crippen LogP contribution in [0, 0.1) is 0 Å². The zero-order valence-corrected chi connectivity index (χ0v) is 8.58. The second-order valence-electron chi connectivity index (χ2n) is 3.58. The predicted molar refractivity (Wildman–Crippen MR) is 59.3 cm³/mol. The van der Waals surface area contributed by atoms with Gasteiger partial charge in [-0.1, -0.05) is 31.5 Å². The quantitative estimate of drug-likeness (QED) is 0.805. The second kappa shape index (κ2) is 3.77. The maximum absolute atomic E-state index is 11.0. The summed E-state index contributed by atoms with van der Waals surface area (Å²) in [4.78, 5) is 14.0. The summed E-state index contributed by atoms with van der Waals surface area (Å²) in [5.74, 6) is -0.880. The Kier molecular flexibility index (Phi) is 2.46. The third kappa shape index (κ3) is 1.61. The van der Waals surface area contributed by atoms with E-state index in [0.717, 1.165) is 29.3 Å². The Morgan fingerprint density at radius 1 is 1.40 bits per heavy atom. The minimum absolute atomic E-state index is 0.332. The van der Waals surface area contributed by atoms with Gasteiger partial charge in [0.1, 0.15) is 5.69 Å². The van der Waals surface area contributed by atoms with Gasteiger partial charge >= 0.3 is 5.97 Å². The van der Waals surface area contributed by atoms with Gasteiger partial charge in [-0.2, -0.15) is 0 Å². The molecule has 0 amide bonds. The lowest BCUT2D eigenvalue weighted by Gasteiger charge is -1.97. The van der Waals surface area contributed by atoms with E-state index in [9.17, 15) is 4.79 Å². The molecule has 78 valence electrons. The van der Waals surface area contributed by atoms with Crippen molar-refractivity contribution in [1.82, 2.24) is 4.98 Å². The Bertz CT molecular complexity index is 499. The summed E-state index contributed by atoms with van der Waals surface area (Å²) < 4.78 is 0. The molecule has 0 saturated heterocycles. The SMILES string of the molecule is CCCc1c(C(=O)O)[nH]c2ccccc12. The number of benzene rings is 1. The van der Waals surface area contributed by atoms with E-state index in [2.05, 4.69) is 4.98 Å². The third-order valence-electron chi connectivity index (χ3n) is 2.53. The van der Waals surface area contributed by atoms with Crippen LogP contribution in [-0.4, -0.2) is 16.1 Å². The van der Waals surface area contributed by atoms with Crippen molar-refractivity contribution in [1.29, 1.82) is 0 Å². The maximum Gasteiger partial charge on any atom is 0.352 e. The number of fused-ring (bicyclic) bond motifs is 1. The molecule has 0 aliphatic rings. The van der Waals surface area contributed by atoms with Gasteiger partial charge in [0.15, 0.2) is 0 Å². The number of aromatic carboxylic acids is 1. The molecule has 2 aromatic rings. The average molecular weight is 203 g/mol. The van der Waals surface area contributed by atoms with E-state index in [1.807, 2.05) is 31.2 Å². The fourth-order valence-electron chi connectivity index (χ4n) is 1.89. The standard InChI is InChI=1S/C12H13NO2/c1-2-5-9-8-6-3-4-7-10(8)13-11(9)12(14)15/h3-4,6-7,13H,2,5H2,1H3,(H,14,15).